The van der Waals surface area contributed by atoms with Crippen LogP contribution in [0.5, 0.6) is 0 Å². The number of amides is 1. The zero-order chi connectivity index (χ0) is 20.1. The van der Waals surface area contributed by atoms with Crippen LogP contribution in [0.4, 0.5) is 8.78 Å². The van der Waals surface area contributed by atoms with Crippen LogP contribution in [-0.2, 0) is 11.3 Å². The Labute approximate surface area is 164 Å². The Bertz CT molecular complexity index is 779. The van der Waals surface area contributed by atoms with E-state index in [2.05, 4.69) is 5.32 Å². The zero-order valence-corrected chi connectivity index (χ0v) is 16.1. The van der Waals surface area contributed by atoms with Crippen molar-refractivity contribution in [2.75, 3.05) is 13.1 Å². The third-order valence-corrected chi connectivity index (χ3v) is 5.43. The molecule has 1 aliphatic heterocycles. The normalized spacial score (nSPS) is 19.8. The van der Waals surface area contributed by atoms with Crippen molar-refractivity contribution >= 4 is 5.91 Å². The van der Waals surface area contributed by atoms with Gasteiger partial charge < -0.3 is 11.1 Å². The molecule has 0 spiro atoms. The maximum Gasteiger partial charge on any atom is 0.225 e. The van der Waals surface area contributed by atoms with E-state index in [1.54, 1.807) is 0 Å². The minimum absolute atomic E-state index is 0.0542. The monoisotopic (exact) mass is 387 g/mol. The van der Waals surface area contributed by atoms with Crippen LogP contribution in [-0.4, -0.2) is 29.9 Å². The Balaban J connectivity index is 1.58. The molecule has 3 atom stereocenters. The molecule has 150 valence electrons. The molecule has 2 aromatic carbocycles. The van der Waals surface area contributed by atoms with Crippen LogP contribution < -0.4 is 11.1 Å². The van der Waals surface area contributed by atoms with Gasteiger partial charge in [-0.15, -0.1) is 0 Å². The molecule has 1 heterocycles. The molecule has 0 bridgehead atoms. The number of rotatable bonds is 6. The van der Waals surface area contributed by atoms with Crippen molar-refractivity contribution in [3.63, 3.8) is 0 Å². The lowest BCUT2D eigenvalue weighted by Gasteiger charge is -2.34. The summed E-state index contributed by atoms with van der Waals surface area (Å²) in [5.41, 5.74) is 7.25. The maximum atomic E-state index is 13.9. The predicted octanol–water partition coefficient (Wildman–Crippen LogP) is 3.38. The molecule has 4 nitrogen and oxygen atoms in total. The van der Waals surface area contributed by atoms with Crippen LogP contribution in [0.15, 0.2) is 48.5 Å². The number of hydrogen-bond acceptors (Lipinski definition) is 3. The first-order chi connectivity index (χ1) is 13.5. The highest BCUT2D eigenvalue weighted by atomic mass is 19.1. The highest BCUT2D eigenvalue weighted by Crippen LogP contribution is 2.21. The Morgan fingerprint density at radius 2 is 1.86 bits per heavy atom. The van der Waals surface area contributed by atoms with Crippen molar-refractivity contribution in [2.45, 2.75) is 38.4 Å². The number of hydrogen-bond donors (Lipinski definition) is 2. The van der Waals surface area contributed by atoms with Gasteiger partial charge >= 0.3 is 0 Å². The van der Waals surface area contributed by atoms with Gasteiger partial charge in [0, 0.05) is 30.7 Å². The van der Waals surface area contributed by atoms with Crippen LogP contribution in [0.1, 0.15) is 36.9 Å². The summed E-state index contributed by atoms with van der Waals surface area (Å²) in [7, 11) is 0. The molecule has 1 amide bonds. The second-order valence-corrected chi connectivity index (χ2v) is 7.51. The zero-order valence-electron chi connectivity index (χ0n) is 16.1. The summed E-state index contributed by atoms with van der Waals surface area (Å²) in [4.78, 5) is 14.7. The summed E-state index contributed by atoms with van der Waals surface area (Å²) in [5, 5.41) is 3.07. The lowest BCUT2D eigenvalue weighted by atomic mass is 9.94. The third-order valence-electron chi connectivity index (χ3n) is 5.43. The summed E-state index contributed by atoms with van der Waals surface area (Å²) < 4.78 is 27.8. The van der Waals surface area contributed by atoms with Gasteiger partial charge in [-0.3, -0.25) is 9.69 Å². The van der Waals surface area contributed by atoms with Gasteiger partial charge in [0.05, 0.1) is 5.92 Å². The first kappa shape index (κ1) is 20.4. The second-order valence-electron chi connectivity index (χ2n) is 7.51. The van der Waals surface area contributed by atoms with Gasteiger partial charge in [-0.05, 0) is 37.1 Å². The number of nitrogens with two attached hydrogens (primary N) is 1. The molecular weight excluding hydrogens is 360 g/mol. The first-order valence-electron chi connectivity index (χ1n) is 9.72. The summed E-state index contributed by atoms with van der Waals surface area (Å²) >= 11 is 0. The average molecular weight is 387 g/mol. The van der Waals surface area contributed by atoms with Crippen LogP contribution in [0.3, 0.4) is 0 Å². The minimum atomic E-state index is -0.534. The second kappa shape index (κ2) is 9.26. The molecule has 3 rings (SSSR count). The van der Waals surface area contributed by atoms with E-state index in [1.807, 2.05) is 42.2 Å². The fourth-order valence-electron chi connectivity index (χ4n) is 3.68. The van der Waals surface area contributed by atoms with Gasteiger partial charge in [-0.2, -0.15) is 0 Å². The number of likely N-dealkylation sites (tertiary alicyclic amines) is 1. The molecular formula is C22H27F2N3O. The number of nitrogens with zero attached hydrogens (tertiary/aromatic N) is 1. The first-order valence-corrected chi connectivity index (χ1v) is 9.72. The van der Waals surface area contributed by atoms with Crippen molar-refractivity contribution in [1.29, 1.82) is 0 Å². The Morgan fingerprint density at radius 1 is 1.18 bits per heavy atom. The van der Waals surface area contributed by atoms with Crippen LogP contribution >= 0.6 is 0 Å². The van der Waals surface area contributed by atoms with Gasteiger partial charge in [0.1, 0.15) is 11.6 Å². The van der Waals surface area contributed by atoms with Crippen LogP contribution in [0, 0.1) is 17.6 Å². The van der Waals surface area contributed by atoms with Crippen molar-refractivity contribution in [2.24, 2.45) is 11.7 Å². The van der Waals surface area contributed by atoms with E-state index in [-0.39, 0.29) is 36.0 Å². The smallest absolute Gasteiger partial charge is 0.225 e. The van der Waals surface area contributed by atoms with Crippen LogP contribution in [0.2, 0.25) is 0 Å². The van der Waals surface area contributed by atoms with Gasteiger partial charge in [-0.25, -0.2) is 8.78 Å². The van der Waals surface area contributed by atoms with E-state index in [1.165, 1.54) is 18.2 Å². The molecule has 1 fully saturated rings. The number of benzene rings is 2. The molecule has 0 aliphatic carbocycles. The summed E-state index contributed by atoms with van der Waals surface area (Å²) in [6, 6.07) is 13.0. The van der Waals surface area contributed by atoms with Crippen molar-refractivity contribution in [3.05, 3.63) is 71.3 Å². The highest BCUT2D eigenvalue weighted by molar-refractivity contribution is 5.79. The molecule has 1 aliphatic rings. The quantitative estimate of drug-likeness (QED) is 0.799. The summed E-state index contributed by atoms with van der Waals surface area (Å²) in [6.07, 6.45) is 1.70. The molecule has 3 unspecified atom stereocenters. The van der Waals surface area contributed by atoms with E-state index in [4.69, 9.17) is 5.73 Å². The van der Waals surface area contributed by atoms with E-state index < -0.39 is 11.6 Å². The lowest BCUT2D eigenvalue weighted by Crippen LogP contribution is -2.49. The van der Waals surface area contributed by atoms with Gasteiger partial charge in [-0.1, -0.05) is 43.3 Å². The van der Waals surface area contributed by atoms with E-state index >= 15 is 0 Å². The lowest BCUT2D eigenvalue weighted by molar-refractivity contribution is -0.126. The standard InChI is InChI=1S/C22H27F2N3O/c1-15(21(25)16-7-3-2-4-8-16)22(28)26-17-9-6-12-27(13-17)14-18-19(23)10-5-11-20(18)24/h2-5,7-8,10-11,15,17,21H,6,9,12-14,25H2,1H3,(H,26,28). The molecule has 1 saturated heterocycles. The van der Waals surface area contributed by atoms with E-state index in [9.17, 15) is 13.6 Å². The van der Waals surface area contributed by atoms with Crippen molar-refractivity contribution < 1.29 is 13.6 Å². The fraction of sp³-hybridized carbons (Fsp3) is 0.409. The topological polar surface area (TPSA) is 58.4 Å². The molecule has 2 aromatic rings. The summed E-state index contributed by atoms with van der Waals surface area (Å²) in [6.45, 7) is 3.33. The fourth-order valence-corrected chi connectivity index (χ4v) is 3.68. The van der Waals surface area contributed by atoms with Crippen molar-refractivity contribution in [1.82, 2.24) is 10.2 Å². The van der Waals surface area contributed by atoms with Gasteiger partial charge in [0.15, 0.2) is 0 Å². The molecule has 28 heavy (non-hydrogen) atoms. The SMILES string of the molecule is CC(C(=O)NC1CCCN(Cc2c(F)cccc2F)C1)C(N)c1ccccc1. The highest BCUT2D eigenvalue weighted by Gasteiger charge is 2.27. The Morgan fingerprint density at radius 3 is 2.54 bits per heavy atom. The molecule has 3 N–H and O–H groups in total. The molecule has 0 saturated carbocycles. The number of nitrogens with one attached hydrogen (secondary N) is 1. The average Bonchev–Trinajstić information content (AvgIpc) is 2.70. The number of carbonyl (C=O) groups excluding carboxylic acids is 1. The van der Waals surface area contributed by atoms with E-state index in [0.717, 1.165) is 24.9 Å². The molecule has 0 radical (unpaired) electrons. The Hall–Kier alpha value is -2.31. The predicted molar refractivity (Wildman–Crippen MR) is 105 cm³/mol. The number of halogens is 2. The summed E-state index contributed by atoms with van der Waals surface area (Å²) in [5.74, 6) is -1.54. The van der Waals surface area contributed by atoms with Gasteiger partial charge in [0.25, 0.3) is 0 Å². The maximum absolute atomic E-state index is 13.9. The minimum Gasteiger partial charge on any atom is -0.352 e. The van der Waals surface area contributed by atoms with E-state index in [0.29, 0.717) is 6.54 Å². The molecule has 0 aromatic heterocycles. The largest absolute Gasteiger partial charge is 0.352 e. The van der Waals surface area contributed by atoms with Gasteiger partial charge in [0.2, 0.25) is 5.91 Å². The van der Waals surface area contributed by atoms with Crippen LogP contribution in [0.25, 0.3) is 0 Å². The number of carbonyl (C=O) groups is 1. The Kier molecular flexibility index (Phi) is 6.75. The number of piperidine rings is 1. The molecule has 6 heteroatoms. The third kappa shape index (κ3) is 4.94. The van der Waals surface area contributed by atoms with Crippen molar-refractivity contribution in [3.8, 4) is 0 Å².